The second-order valence-electron chi connectivity index (χ2n) is 6.91. The van der Waals surface area contributed by atoms with Gasteiger partial charge in [0.2, 0.25) is 5.91 Å². The smallest absolute Gasteiger partial charge is 0.263 e. The van der Waals surface area contributed by atoms with Crippen molar-refractivity contribution in [3.63, 3.8) is 0 Å². The minimum atomic E-state index is -0.239. The summed E-state index contributed by atoms with van der Waals surface area (Å²) < 4.78 is 1.71. The number of carbonyl (C=O) groups excluding carboxylic acids is 1. The zero-order chi connectivity index (χ0) is 18.8. The summed E-state index contributed by atoms with van der Waals surface area (Å²) in [4.78, 5) is 34.4. The molecule has 3 rings (SSSR count). The van der Waals surface area contributed by atoms with E-state index in [2.05, 4.69) is 0 Å². The Kier molecular flexibility index (Phi) is 6.07. The average molecular weight is 394 g/mol. The van der Waals surface area contributed by atoms with Crippen LogP contribution in [0.1, 0.15) is 50.0 Å². The Morgan fingerprint density at radius 3 is 2.50 bits per heavy atom. The van der Waals surface area contributed by atoms with Crippen molar-refractivity contribution in [2.75, 3.05) is 13.1 Å². The maximum absolute atomic E-state index is 12.9. The average Bonchev–Trinajstić information content (AvgIpc) is 2.81. The number of hydrogen-bond acceptors (Lipinski definition) is 5. The van der Waals surface area contributed by atoms with Crippen LogP contribution in [0.4, 0.5) is 0 Å². The fourth-order valence-electron chi connectivity index (χ4n) is 3.43. The molecule has 1 aliphatic rings. The number of rotatable bonds is 4. The molecule has 2 aromatic heterocycles. The number of nitrogens with zero attached hydrogens (tertiary/aromatic N) is 3. The maximum Gasteiger partial charge on any atom is 0.263 e. The summed E-state index contributed by atoms with van der Waals surface area (Å²) in [7, 11) is 0. The first-order valence-electron chi connectivity index (χ1n) is 9.40. The zero-order valence-electron chi connectivity index (χ0n) is 16.0. The van der Waals surface area contributed by atoms with Gasteiger partial charge in [0.15, 0.2) is 5.16 Å². The Bertz CT molecular complexity index is 864. The molecule has 0 unspecified atom stereocenters. The van der Waals surface area contributed by atoms with Crippen LogP contribution < -0.4 is 5.56 Å². The van der Waals surface area contributed by atoms with E-state index in [4.69, 9.17) is 4.98 Å². The molecule has 2 aromatic rings. The lowest BCUT2D eigenvalue weighted by Crippen LogP contribution is -2.37. The van der Waals surface area contributed by atoms with Gasteiger partial charge in [0.05, 0.1) is 10.6 Å². The predicted molar refractivity (Wildman–Crippen MR) is 109 cm³/mol. The Hall–Kier alpha value is -1.34. The van der Waals surface area contributed by atoms with Gasteiger partial charge in [-0.3, -0.25) is 14.2 Å². The van der Waals surface area contributed by atoms with Gasteiger partial charge in [0.1, 0.15) is 4.83 Å². The van der Waals surface area contributed by atoms with Crippen molar-refractivity contribution in [2.24, 2.45) is 0 Å². The zero-order valence-corrected chi connectivity index (χ0v) is 17.6. The highest BCUT2D eigenvalue weighted by atomic mass is 32.2. The third kappa shape index (κ3) is 3.69. The number of fused-ring (bicyclic) bond motifs is 1. The largest absolute Gasteiger partial charge is 0.342 e. The Labute approximate surface area is 162 Å². The Balaban J connectivity index is 1.90. The minimum absolute atomic E-state index is 0.0104. The monoisotopic (exact) mass is 393 g/mol. The molecule has 1 aliphatic heterocycles. The molecule has 0 aromatic carbocycles. The van der Waals surface area contributed by atoms with Gasteiger partial charge in [-0.25, -0.2) is 4.98 Å². The molecule has 0 spiro atoms. The van der Waals surface area contributed by atoms with Crippen LogP contribution >= 0.6 is 23.1 Å². The number of aromatic nitrogens is 2. The van der Waals surface area contributed by atoms with E-state index in [0.717, 1.165) is 46.6 Å². The van der Waals surface area contributed by atoms with Crippen molar-refractivity contribution in [3.8, 4) is 0 Å². The lowest BCUT2D eigenvalue weighted by atomic mass is 10.2. The van der Waals surface area contributed by atoms with E-state index < -0.39 is 0 Å². The van der Waals surface area contributed by atoms with Gasteiger partial charge in [-0.1, -0.05) is 24.6 Å². The van der Waals surface area contributed by atoms with Gasteiger partial charge in [0, 0.05) is 24.5 Å². The van der Waals surface area contributed by atoms with Crippen LogP contribution in [0.5, 0.6) is 0 Å². The third-order valence-electron chi connectivity index (χ3n) is 5.12. The molecule has 5 nitrogen and oxygen atoms in total. The predicted octanol–water partition coefficient (Wildman–Crippen LogP) is 3.98. The topological polar surface area (TPSA) is 55.2 Å². The quantitative estimate of drug-likeness (QED) is 0.582. The Morgan fingerprint density at radius 2 is 1.88 bits per heavy atom. The summed E-state index contributed by atoms with van der Waals surface area (Å²) in [6, 6.07) is 0. The first kappa shape index (κ1) is 19.4. The summed E-state index contributed by atoms with van der Waals surface area (Å²) in [6.45, 7) is 10.1. The van der Waals surface area contributed by atoms with E-state index in [9.17, 15) is 9.59 Å². The number of aryl methyl sites for hydroxylation is 2. The fourth-order valence-corrected chi connectivity index (χ4v) is 5.56. The molecular weight excluding hydrogens is 366 g/mol. The second kappa shape index (κ2) is 8.13. The molecule has 26 heavy (non-hydrogen) atoms. The van der Waals surface area contributed by atoms with Crippen molar-refractivity contribution >= 4 is 39.2 Å². The van der Waals surface area contributed by atoms with Crippen molar-refractivity contribution < 1.29 is 4.79 Å². The molecular formula is C19H27N3O2S2. The van der Waals surface area contributed by atoms with Crippen LogP contribution in [-0.4, -0.2) is 38.7 Å². The molecule has 1 atom stereocenters. The first-order valence-corrected chi connectivity index (χ1v) is 11.1. The molecule has 1 amide bonds. The summed E-state index contributed by atoms with van der Waals surface area (Å²) >= 11 is 2.97. The molecule has 0 bridgehead atoms. The number of carbonyl (C=O) groups is 1. The molecule has 0 aliphatic carbocycles. The molecule has 0 saturated carbocycles. The SMILES string of the molecule is CCn1c(S[C@@H](C)C(=O)N2CCCCCC2)nc2sc(C)c(C)c2c1=O. The van der Waals surface area contributed by atoms with Crippen LogP contribution in [0.25, 0.3) is 10.2 Å². The van der Waals surface area contributed by atoms with Gasteiger partial charge in [0.25, 0.3) is 5.56 Å². The summed E-state index contributed by atoms with van der Waals surface area (Å²) in [6.07, 6.45) is 4.58. The summed E-state index contributed by atoms with van der Waals surface area (Å²) in [5.41, 5.74) is 1.03. The van der Waals surface area contributed by atoms with Gasteiger partial charge < -0.3 is 4.90 Å². The van der Waals surface area contributed by atoms with Crippen molar-refractivity contribution in [1.82, 2.24) is 14.5 Å². The molecule has 1 fully saturated rings. The number of thiophene rings is 1. The number of likely N-dealkylation sites (tertiary alicyclic amines) is 1. The Morgan fingerprint density at radius 1 is 1.23 bits per heavy atom. The maximum atomic E-state index is 12.9. The normalized spacial score (nSPS) is 16.7. The van der Waals surface area contributed by atoms with Gasteiger partial charge in [-0.15, -0.1) is 11.3 Å². The standard InChI is InChI=1S/C19H27N3O2S2/c1-5-22-18(24)15-12(2)13(3)25-16(15)20-19(22)26-14(4)17(23)21-10-8-6-7-9-11-21/h14H,5-11H2,1-4H3/t14-/m0/s1. The number of thioether (sulfide) groups is 1. The molecule has 0 radical (unpaired) electrons. The molecule has 0 N–H and O–H groups in total. The van der Waals surface area contributed by atoms with Crippen LogP contribution in [0.3, 0.4) is 0 Å². The molecule has 142 valence electrons. The lowest BCUT2D eigenvalue weighted by Gasteiger charge is -2.24. The molecule has 1 saturated heterocycles. The third-order valence-corrected chi connectivity index (χ3v) is 7.30. The van der Waals surface area contributed by atoms with E-state index in [0.29, 0.717) is 11.7 Å². The van der Waals surface area contributed by atoms with Crippen molar-refractivity contribution in [1.29, 1.82) is 0 Å². The highest BCUT2D eigenvalue weighted by molar-refractivity contribution is 8.00. The van der Waals surface area contributed by atoms with Gasteiger partial charge >= 0.3 is 0 Å². The molecule has 7 heteroatoms. The highest BCUT2D eigenvalue weighted by Gasteiger charge is 2.25. The number of hydrogen-bond donors (Lipinski definition) is 0. The highest BCUT2D eigenvalue weighted by Crippen LogP contribution is 2.30. The van der Waals surface area contributed by atoms with E-state index in [1.54, 1.807) is 15.9 Å². The summed E-state index contributed by atoms with van der Waals surface area (Å²) in [5.74, 6) is 0.160. The van der Waals surface area contributed by atoms with Crippen LogP contribution in [0.2, 0.25) is 0 Å². The van der Waals surface area contributed by atoms with Gasteiger partial charge in [-0.2, -0.15) is 0 Å². The summed E-state index contributed by atoms with van der Waals surface area (Å²) in [5, 5.41) is 1.14. The van der Waals surface area contributed by atoms with E-state index in [-0.39, 0.29) is 16.7 Å². The van der Waals surface area contributed by atoms with Gasteiger partial charge in [-0.05, 0) is 46.1 Å². The fraction of sp³-hybridized carbons (Fsp3) is 0.632. The van der Waals surface area contributed by atoms with Crippen LogP contribution in [0.15, 0.2) is 9.95 Å². The second-order valence-corrected chi connectivity index (χ2v) is 9.42. The van der Waals surface area contributed by atoms with Crippen molar-refractivity contribution in [2.45, 2.75) is 70.3 Å². The number of amides is 1. The minimum Gasteiger partial charge on any atom is -0.342 e. The van der Waals surface area contributed by atoms with Crippen LogP contribution in [0, 0.1) is 13.8 Å². The van der Waals surface area contributed by atoms with E-state index >= 15 is 0 Å². The lowest BCUT2D eigenvalue weighted by molar-refractivity contribution is -0.130. The van der Waals surface area contributed by atoms with Crippen LogP contribution in [-0.2, 0) is 11.3 Å². The van der Waals surface area contributed by atoms with E-state index in [1.807, 2.05) is 32.6 Å². The van der Waals surface area contributed by atoms with Crippen molar-refractivity contribution in [3.05, 3.63) is 20.8 Å². The first-order chi connectivity index (χ1) is 12.4. The molecule has 3 heterocycles. The van der Waals surface area contributed by atoms with E-state index in [1.165, 1.54) is 24.6 Å².